The lowest BCUT2D eigenvalue weighted by molar-refractivity contribution is 0.676. The second kappa shape index (κ2) is 8.13. The second-order valence-corrected chi connectivity index (χ2v) is 7.09. The van der Waals surface area contributed by atoms with E-state index in [2.05, 4.69) is 34.2 Å². The van der Waals surface area contributed by atoms with E-state index < -0.39 is 0 Å². The average Bonchev–Trinajstić information content (AvgIpc) is 3.45. The van der Waals surface area contributed by atoms with Gasteiger partial charge in [0.15, 0.2) is 0 Å². The van der Waals surface area contributed by atoms with Crippen molar-refractivity contribution in [2.24, 2.45) is 0 Å². The highest BCUT2D eigenvalue weighted by atomic mass is 15.3. The minimum atomic E-state index is 0.723. The van der Waals surface area contributed by atoms with Crippen molar-refractivity contribution in [1.29, 1.82) is 0 Å². The van der Waals surface area contributed by atoms with Crippen molar-refractivity contribution < 1.29 is 0 Å². The van der Waals surface area contributed by atoms with E-state index in [-0.39, 0.29) is 0 Å². The average molecular weight is 392 g/mol. The smallest absolute Gasteiger partial charge is 0.0924 e. The Morgan fingerprint density at radius 3 is 1.50 bits per heavy atom. The van der Waals surface area contributed by atoms with Crippen LogP contribution in [0.5, 0.6) is 0 Å². The van der Waals surface area contributed by atoms with Gasteiger partial charge in [-0.2, -0.15) is 10.2 Å². The topological polar surface area (TPSA) is 61.4 Å². The van der Waals surface area contributed by atoms with Crippen LogP contribution in [-0.4, -0.2) is 29.5 Å². The molecule has 0 fully saturated rings. The Hall–Kier alpha value is -4.06. The number of benzene rings is 1. The predicted octanol–water partition coefficient (Wildman–Crippen LogP) is 4.30. The molecule has 4 aromatic heterocycles. The van der Waals surface area contributed by atoms with Crippen molar-refractivity contribution in [2.75, 3.05) is 0 Å². The fourth-order valence-electron chi connectivity index (χ4n) is 3.45. The zero-order valence-electron chi connectivity index (χ0n) is 16.3. The molecule has 0 spiro atoms. The van der Waals surface area contributed by atoms with Gasteiger partial charge in [-0.15, -0.1) is 0 Å². The molecule has 5 aromatic rings. The third-order valence-corrected chi connectivity index (χ3v) is 4.91. The Bertz CT molecular complexity index is 1150. The highest BCUT2D eigenvalue weighted by Gasteiger charge is 2.05. The van der Waals surface area contributed by atoms with E-state index in [4.69, 9.17) is 10.2 Å². The first kappa shape index (κ1) is 18.0. The van der Waals surface area contributed by atoms with Crippen LogP contribution in [0, 0.1) is 0 Å². The molecule has 6 heteroatoms. The molecular weight excluding hydrogens is 372 g/mol. The summed E-state index contributed by atoms with van der Waals surface area (Å²) in [4.78, 5) is 8.13. The third-order valence-electron chi connectivity index (χ3n) is 4.91. The normalized spacial score (nSPS) is 10.9. The number of aromatic nitrogens is 6. The van der Waals surface area contributed by atoms with Crippen molar-refractivity contribution in [2.45, 2.75) is 13.1 Å². The van der Waals surface area contributed by atoms with Crippen LogP contribution in [0.4, 0.5) is 0 Å². The van der Waals surface area contributed by atoms with E-state index in [9.17, 15) is 0 Å². The summed E-state index contributed by atoms with van der Waals surface area (Å²) in [5, 5.41) is 9.39. The van der Waals surface area contributed by atoms with E-state index in [0.717, 1.165) is 35.6 Å². The molecule has 0 saturated heterocycles. The van der Waals surface area contributed by atoms with Crippen molar-refractivity contribution in [3.05, 3.63) is 109 Å². The van der Waals surface area contributed by atoms with E-state index in [1.54, 1.807) is 24.8 Å². The highest BCUT2D eigenvalue weighted by molar-refractivity contribution is 5.58. The minimum absolute atomic E-state index is 0.723. The van der Waals surface area contributed by atoms with Gasteiger partial charge < -0.3 is 0 Å². The van der Waals surface area contributed by atoms with Gasteiger partial charge in [-0.1, -0.05) is 24.3 Å². The number of nitrogens with zero attached hydrogens (tertiary/aromatic N) is 6. The van der Waals surface area contributed by atoms with Gasteiger partial charge >= 0.3 is 0 Å². The van der Waals surface area contributed by atoms with Crippen molar-refractivity contribution in [3.63, 3.8) is 0 Å². The Kier molecular flexibility index (Phi) is 4.88. The fraction of sp³-hybridized carbons (Fsp3) is 0.0833. The first-order chi connectivity index (χ1) is 14.8. The molecule has 0 saturated carbocycles. The molecule has 0 N–H and O–H groups in total. The van der Waals surface area contributed by atoms with Gasteiger partial charge in [0.2, 0.25) is 0 Å². The number of hydrogen-bond acceptors (Lipinski definition) is 4. The monoisotopic (exact) mass is 392 g/mol. The van der Waals surface area contributed by atoms with Crippen LogP contribution in [0.3, 0.4) is 0 Å². The van der Waals surface area contributed by atoms with Crippen LogP contribution in [0.2, 0.25) is 0 Å². The standard InChI is InChI=1S/C24H20N6/c1-2-19(17-29-14-8-23(27-29)21-4-10-25-11-5-21)16-20(3-1)18-30-15-9-24(28-30)22-6-12-26-13-7-22/h1-16H,17-18H2. The predicted molar refractivity (Wildman–Crippen MR) is 116 cm³/mol. The van der Waals surface area contributed by atoms with Crippen molar-refractivity contribution in [3.8, 4) is 22.5 Å². The number of rotatable bonds is 6. The molecule has 4 heterocycles. The Labute approximate surface area is 174 Å². The summed E-state index contributed by atoms with van der Waals surface area (Å²) in [6.07, 6.45) is 11.2. The molecule has 0 aliphatic rings. The number of pyridine rings is 2. The van der Waals surface area contributed by atoms with Gasteiger partial charge in [-0.05, 0) is 47.5 Å². The molecule has 0 radical (unpaired) electrons. The molecule has 0 amide bonds. The summed E-state index contributed by atoms with van der Waals surface area (Å²) in [6, 6.07) is 20.5. The SMILES string of the molecule is c1cc(Cn2ccc(-c3ccncc3)n2)cc(Cn2ccc(-c3ccncc3)n2)c1. The molecule has 146 valence electrons. The first-order valence-electron chi connectivity index (χ1n) is 9.79. The maximum absolute atomic E-state index is 4.69. The lowest BCUT2D eigenvalue weighted by Gasteiger charge is -2.07. The molecule has 0 aliphatic heterocycles. The van der Waals surface area contributed by atoms with Gasteiger partial charge in [0.05, 0.1) is 24.5 Å². The van der Waals surface area contributed by atoms with Crippen LogP contribution in [0.1, 0.15) is 11.1 Å². The Morgan fingerprint density at radius 1 is 0.567 bits per heavy atom. The molecule has 1 aromatic carbocycles. The van der Waals surface area contributed by atoms with Crippen LogP contribution in [0.25, 0.3) is 22.5 Å². The van der Waals surface area contributed by atoms with Gasteiger partial charge in [0, 0.05) is 48.3 Å². The molecule has 5 rings (SSSR count). The molecular formula is C24H20N6. The van der Waals surface area contributed by atoms with Crippen LogP contribution in [0.15, 0.2) is 97.8 Å². The molecule has 0 unspecified atom stereocenters. The van der Waals surface area contributed by atoms with Crippen molar-refractivity contribution >= 4 is 0 Å². The maximum atomic E-state index is 4.69. The van der Waals surface area contributed by atoms with Crippen molar-refractivity contribution in [1.82, 2.24) is 29.5 Å². The molecule has 0 bridgehead atoms. The summed E-state index contributed by atoms with van der Waals surface area (Å²) in [7, 11) is 0. The second-order valence-electron chi connectivity index (χ2n) is 7.09. The van der Waals surface area contributed by atoms with Crippen LogP contribution in [-0.2, 0) is 13.1 Å². The van der Waals surface area contributed by atoms with Gasteiger partial charge in [0.1, 0.15) is 0 Å². The Balaban J connectivity index is 1.29. The zero-order chi connectivity index (χ0) is 20.2. The maximum Gasteiger partial charge on any atom is 0.0924 e. The zero-order valence-corrected chi connectivity index (χ0v) is 16.3. The van der Waals surface area contributed by atoms with E-state index in [1.807, 2.05) is 58.2 Å². The van der Waals surface area contributed by atoms with Gasteiger partial charge in [-0.3, -0.25) is 19.3 Å². The van der Waals surface area contributed by atoms with Crippen LogP contribution < -0.4 is 0 Å². The highest BCUT2D eigenvalue weighted by Crippen LogP contribution is 2.18. The van der Waals surface area contributed by atoms with E-state index in [1.165, 1.54) is 11.1 Å². The lowest BCUT2D eigenvalue weighted by Crippen LogP contribution is -2.04. The number of hydrogen-bond donors (Lipinski definition) is 0. The summed E-state index contributed by atoms with van der Waals surface area (Å²) in [6.45, 7) is 1.45. The van der Waals surface area contributed by atoms with E-state index >= 15 is 0 Å². The first-order valence-corrected chi connectivity index (χ1v) is 9.79. The summed E-state index contributed by atoms with van der Waals surface area (Å²) >= 11 is 0. The van der Waals surface area contributed by atoms with Gasteiger partial charge in [-0.25, -0.2) is 0 Å². The minimum Gasteiger partial charge on any atom is -0.268 e. The molecule has 0 aliphatic carbocycles. The third kappa shape index (κ3) is 4.03. The van der Waals surface area contributed by atoms with Crippen LogP contribution >= 0.6 is 0 Å². The quantitative estimate of drug-likeness (QED) is 0.432. The fourth-order valence-corrected chi connectivity index (χ4v) is 3.45. The lowest BCUT2D eigenvalue weighted by atomic mass is 10.1. The summed E-state index contributed by atoms with van der Waals surface area (Å²) in [5.41, 5.74) is 6.46. The summed E-state index contributed by atoms with van der Waals surface area (Å²) in [5.74, 6) is 0. The molecule has 30 heavy (non-hydrogen) atoms. The van der Waals surface area contributed by atoms with Gasteiger partial charge in [0.25, 0.3) is 0 Å². The largest absolute Gasteiger partial charge is 0.268 e. The Morgan fingerprint density at radius 2 is 1.03 bits per heavy atom. The molecule has 6 nitrogen and oxygen atoms in total. The van der Waals surface area contributed by atoms with E-state index in [0.29, 0.717) is 0 Å². The molecule has 0 atom stereocenters. The summed E-state index contributed by atoms with van der Waals surface area (Å²) < 4.78 is 3.93.